The van der Waals surface area contributed by atoms with Crippen molar-refractivity contribution in [1.29, 1.82) is 0 Å². The zero-order chi connectivity index (χ0) is 15.2. The van der Waals surface area contributed by atoms with Gasteiger partial charge in [0.2, 0.25) is 5.91 Å². The average molecular weight is 292 g/mol. The van der Waals surface area contributed by atoms with E-state index in [1.165, 1.54) is 0 Å². The van der Waals surface area contributed by atoms with Crippen LogP contribution in [0.15, 0.2) is 18.2 Å². The van der Waals surface area contributed by atoms with Crippen LogP contribution in [-0.4, -0.2) is 25.7 Å². The molecule has 1 atom stereocenters. The molecule has 0 radical (unpaired) electrons. The molecule has 0 aliphatic carbocycles. The van der Waals surface area contributed by atoms with Crippen LogP contribution in [0.1, 0.15) is 26.7 Å². The van der Waals surface area contributed by atoms with Crippen molar-refractivity contribution in [3.63, 3.8) is 0 Å². The quantitative estimate of drug-likeness (QED) is 0.874. The predicted molar refractivity (Wildman–Crippen MR) is 82.7 cm³/mol. The summed E-state index contributed by atoms with van der Waals surface area (Å²) in [5, 5.41) is 2.91. The molecule has 1 aromatic rings. The van der Waals surface area contributed by atoms with E-state index in [2.05, 4.69) is 19.2 Å². The van der Waals surface area contributed by atoms with Crippen LogP contribution >= 0.6 is 0 Å². The Bertz CT molecular complexity index is 488. The molecule has 1 aromatic carbocycles. The van der Waals surface area contributed by atoms with Crippen LogP contribution in [0.4, 0.5) is 5.69 Å². The Morgan fingerprint density at radius 1 is 1.29 bits per heavy atom. The number of hydrogen-bond donors (Lipinski definition) is 2. The molecular weight excluding hydrogens is 268 g/mol. The molecule has 2 rings (SSSR count). The number of rotatable bonds is 5. The van der Waals surface area contributed by atoms with E-state index in [0.29, 0.717) is 37.1 Å². The van der Waals surface area contributed by atoms with Crippen LogP contribution in [-0.2, 0) is 4.79 Å². The van der Waals surface area contributed by atoms with Gasteiger partial charge < -0.3 is 20.5 Å². The minimum absolute atomic E-state index is 0.0410. The lowest BCUT2D eigenvalue weighted by molar-refractivity contribution is -0.120. The molecule has 5 nitrogen and oxygen atoms in total. The molecule has 1 aliphatic heterocycles. The Morgan fingerprint density at radius 3 is 2.67 bits per heavy atom. The van der Waals surface area contributed by atoms with Crippen molar-refractivity contribution in [3.05, 3.63) is 18.2 Å². The summed E-state index contributed by atoms with van der Waals surface area (Å²) in [4.78, 5) is 12.3. The first-order valence-corrected chi connectivity index (χ1v) is 7.50. The van der Waals surface area contributed by atoms with E-state index in [1.54, 1.807) is 0 Å². The molecule has 21 heavy (non-hydrogen) atoms. The molecular formula is C16H24N2O3. The van der Waals surface area contributed by atoms with E-state index in [-0.39, 0.29) is 11.8 Å². The summed E-state index contributed by atoms with van der Waals surface area (Å²) in [5.74, 6) is 1.64. The molecule has 116 valence electrons. The summed E-state index contributed by atoms with van der Waals surface area (Å²) >= 11 is 0. The minimum atomic E-state index is -0.166. The number of fused-ring (bicyclic) bond motifs is 1. The molecule has 5 heteroatoms. The Balaban J connectivity index is 2.05. The highest BCUT2D eigenvalue weighted by atomic mass is 16.5. The van der Waals surface area contributed by atoms with Crippen LogP contribution in [0.3, 0.4) is 0 Å². The van der Waals surface area contributed by atoms with Crippen LogP contribution in [0.2, 0.25) is 0 Å². The minimum Gasteiger partial charge on any atom is -0.490 e. The molecule has 1 aliphatic rings. The second-order valence-electron chi connectivity index (χ2n) is 5.76. The van der Waals surface area contributed by atoms with Gasteiger partial charge in [-0.2, -0.15) is 0 Å². The molecule has 1 amide bonds. The van der Waals surface area contributed by atoms with Gasteiger partial charge in [0, 0.05) is 24.7 Å². The third-order valence-corrected chi connectivity index (χ3v) is 3.43. The first-order valence-electron chi connectivity index (χ1n) is 7.50. The first kappa shape index (κ1) is 15.6. The number of carbonyl (C=O) groups is 1. The number of nitrogens with one attached hydrogen (secondary N) is 1. The topological polar surface area (TPSA) is 73.6 Å². The van der Waals surface area contributed by atoms with E-state index < -0.39 is 0 Å². The lowest BCUT2D eigenvalue weighted by atomic mass is 9.96. The molecule has 3 N–H and O–H groups in total. The molecule has 0 bridgehead atoms. The average Bonchev–Trinajstić information content (AvgIpc) is 2.69. The van der Waals surface area contributed by atoms with Crippen molar-refractivity contribution in [1.82, 2.24) is 0 Å². The maximum atomic E-state index is 12.3. The normalized spacial score (nSPS) is 15.4. The predicted octanol–water partition coefficient (Wildman–Crippen LogP) is 2.41. The van der Waals surface area contributed by atoms with Crippen molar-refractivity contribution in [2.45, 2.75) is 26.7 Å². The second kappa shape index (κ2) is 7.31. The van der Waals surface area contributed by atoms with E-state index in [4.69, 9.17) is 15.2 Å². The Labute approximate surface area is 125 Å². The SMILES string of the molecule is CC(C)CC(CN)C(=O)Nc1ccc2c(c1)OCCCO2. The summed E-state index contributed by atoms with van der Waals surface area (Å²) in [6, 6.07) is 5.46. The molecule has 0 fully saturated rings. The smallest absolute Gasteiger partial charge is 0.228 e. The van der Waals surface area contributed by atoms with Crippen molar-refractivity contribution in [2.75, 3.05) is 25.1 Å². The van der Waals surface area contributed by atoms with E-state index in [1.807, 2.05) is 18.2 Å². The number of benzene rings is 1. The third-order valence-electron chi connectivity index (χ3n) is 3.43. The van der Waals surface area contributed by atoms with Gasteiger partial charge in [-0.25, -0.2) is 0 Å². The zero-order valence-electron chi connectivity index (χ0n) is 12.7. The van der Waals surface area contributed by atoms with Crippen LogP contribution < -0.4 is 20.5 Å². The van der Waals surface area contributed by atoms with Gasteiger partial charge >= 0.3 is 0 Å². The summed E-state index contributed by atoms with van der Waals surface area (Å²) in [7, 11) is 0. The fourth-order valence-electron chi connectivity index (χ4n) is 2.36. The molecule has 0 saturated carbocycles. The summed E-state index contributed by atoms with van der Waals surface area (Å²) in [6.45, 7) is 5.81. The van der Waals surface area contributed by atoms with Gasteiger partial charge in [-0.05, 0) is 24.5 Å². The standard InChI is InChI=1S/C16H24N2O3/c1-11(2)8-12(10-17)16(19)18-13-4-5-14-15(9-13)21-7-3-6-20-14/h4-5,9,11-12H,3,6-8,10,17H2,1-2H3,(H,18,19). The number of anilines is 1. The van der Waals surface area contributed by atoms with E-state index >= 15 is 0 Å². The molecule has 0 spiro atoms. The zero-order valence-corrected chi connectivity index (χ0v) is 12.7. The maximum Gasteiger partial charge on any atom is 0.228 e. The van der Waals surface area contributed by atoms with Gasteiger partial charge in [-0.3, -0.25) is 4.79 Å². The molecule has 0 aromatic heterocycles. The largest absolute Gasteiger partial charge is 0.490 e. The first-order chi connectivity index (χ1) is 10.1. The number of nitrogens with two attached hydrogens (primary N) is 1. The van der Waals surface area contributed by atoms with Crippen LogP contribution in [0.5, 0.6) is 11.5 Å². The van der Waals surface area contributed by atoms with Gasteiger partial charge in [-0.15, -0.1) is 0 Å². The number of carbonyl (C=O) groups excluding carboxylic acids is 1. The van der Waals surface area contributed by atoms with E-state index in [9.17, 15) is 4.79 Å². The van der Waals surface area contributed by atoms with Crippen LogP contribution in [0.25, 0.3) is 0 Å². The Hall–Kier alpha value is -1.75. The summed E-state index contributed by atoms with van der Waals surface area (Å²) in [5.41, 5.74) is 6.42. The van der Waals surface area contributed by atoms with Gasteiger partial charge in [0.25, 0.3) is 0 Å². The Morgan fingerprint density at radius 2 is 2.00 bits per heavy atom. The maximum absolute atomic E-state index is 12.3. The van der Waals surface area contributed by atoms with Gasteiger partial charge in [0.05, 0.1) is 19.1 Å². The fourth-order valence-corrected chi connectivity index (χ4v) is 2.36. The molecule has 1 heterocycles. The number of amides is 1. The number of hydrogen-bond acceptors (Lipinski definition) is 4. The van der Waals surface area contributed by atoms with Gasteiger partial charge in [-0.1, -0.05) is 13.8 Å². The monoisotopic (exact) mass is 292 g/mol. The lowest BCUT2D eigenvalue weighted by Crippen LogP contribution is -2.30. The Kier molecular flexibility index (Phi) is 5.44. The fraction of sp³-hybridized carbons (Fsp3) is 0.562. The van der Waals surface area contributed by atoms with Crippen molar-refractivity contribution in [2.24, 2.45) is 17.6 Å². The molecule has 1 unspecified atom stereocenters. The van der Waals surface area contributed by atoms with Crippen molar-refractivity contribution >= 4 is 11.6 Å². The highest BCUT2D eigenvalue weighted by Gasteiger charge is 2.19. The summed E-state index contributed by atoms with van der Waals surface area (Å²) < 4.78 is 11.2. The second-order valence-corrected chi connectivity index (χ2v) is 5.76. The number of ether oxygens (including phenoxy) is 2. The van der Waals surface area contributed by atoms with E-state index in [0.717, 1.165) is 18.6 Å². The van der Waals surface area contributed by atoms with Crippen molar-refractivity contribution in [3.8, 4) is 11.5 Å². The van der Waals surface area contributed by atoms with Gasteiger partial charge in [0.1, 0.15) is 0 Å². The third kappa shape index (κ3) is 4.36. The highest BCUT2D eigenvalue weighted by Crippen LogP contribution is 2.32. The lowest BCUT2D eigenvalue weighted by Gasteiger charge is -2.17. The summed E-state index contributed by atoms with van der Waals surface area (Å²) in [6.07, 6.45) is 1.65. The molecule has 0 saturated heterocycles. The van der Waals surface area contributed by atoms with Crippen molar-refractivity contribution < 1.29 is 14.3 Å². The van der Waals surface area contributed by atoms with Crippen LogP contribution in [0, 0.1) is 11.8 Å². The van der Waals surface area contributed by atoms with Gasteiger partial charge in [0.15, 0.2) is 11.5 Å². The highest BCUT2D eigenvalue weighted by molar-refractivity contribution is 5.93.